The zero-order valence-corrected chi connectivity index (χ0v) is 11.8. The third-order valence-electron chi connectivity index (χ3n) is 4.36. The van der Waals surface area contributed by atoms with Gasteiger partial charge in [-0.05, 0) is 18.9 Å². The van der Waals surface area contributed by atoms with Gasteiger partial charge in [-0.25, -0.2) is 9.97 Å². The van der Waals surface area contributed by atoms with E-state index in [2.05, 4.69) is 19.8 Å². The van der Waals surface area contributed by atoms with E-state index in [1.165, 1.54) is 25.7 Å². The third-order valence-corrected chi connectivity index (χ3v) is 4.36. The molecule has 0 spiro atoms. The number of nitrogen functional groups attached to an aromatic ring is 1. The van der Waals surface area contributed by atoms with Gasteiger partial charge in [-0.2, -0.15) is 0 Å². The second kappa shape index (κ2) is 5.75. The number of amidine groups is 1. The molecule has 108 valence electrons. The molecule has 6 nitrogen and oxygen atoms in total. The molecule has 2 fully saturated rings. The summed E-state index contributed by atoms with van der Waals surface area (Å²) in [6.45, 7) is 4.08. The van der Waals surface area contributed by atoms with E-state index in [-0.39, 0.29) is 5.84 Å². The average molecular weight is 274 g/mol. The van der Waals surface area contributed by atoms with Gasteiger partial charge in [0.2, 0.25) is 5.95 Å². The van der Waals surface area contributed by atoms with Crippen molar-refractivity contribution in [3.63, 3.8) is 0 Å². The Morgan fingerprint density at radius 2 is 1.90 bits per heavy atom. The van der Waals surface area contributed by atoms with Gasteiger partial charge in [0, 0.05) is 38.4 Å². The quantitative estimate of drug-likeness (QED) is 0.630. The molecule has 0 bridgehead atoms. The molecule has 3 N–H and O–H groups in total. The first-order valence-corrected chi connectivity index (χ1v) is 7.40. The van der Waals surface area contributed by atoms with E-state index < -0.39 is 0 Å². The Balaban J connectivity index is 1.62. The fourth-order valence-corrected chi connectivity index (χ4v) is 3.21. The van der Waals surface area contributed by atoms with Crippen LogP contribution < -0.4 is 10.6 Å². The van der Waals surface area contributed by atoms with Crippen molar-refractivity contribution in [2.45, 2.75) is 31.7 Å². The van der Waals surface area contributed by atoms with E-state index in [1.54, 1.807) is 12.3 Å². The third kappa shape index (κ3) is 2.75. The molecule has 1 saturated carbocycles. The molecule has 6 heteroatoms. The molecular formula is C14H22N6. The van der Waals surface area contributed by atoms with Gasteiger partial charge in [-0.3, -0.25) is 10.3 Å². The maximum absolute atomic E-state index is 7.45. The largest absolute Gasteiger partial charge is 0.382 e. The number of hydrogen-bond acceptors (Lipinski definition) is 5. The Labute approximate surface area is 119 Å². The van der Waals surface area contributed by atoms with Crippen molar-refractivity contribution < 1.29 is 0 Å². The molecule has 1 saturated heterocycles. The van der Waals surface area contributed by atoms with E-state index in [0.717, 1.165) is 32.2 Å². The number of hydrogen-bond donors (Lipinski definition) is 2. The van der Waals surface area contributed by atoms with Crippen molar-refractivity contribution in [2.75, 3.05) is 31.1 Å². The summed E-state index contributed by atoms with van der Waals surface area (Å²) in [4.78, 5) is 13.5. The lowest BCUT2D eigenvalue weighted by Gasteiger charge is -2.38. The molecule has 0 unspecified atom stereocenters. The van der Waals surface area contributed by atoms with E-state index in [9.17, 15) is 0 Å². The maximum atomic E-state index is 7.45. The van der Waals surface area contributed by atoms with Crippen LogP contribution in [0.1, 0.15) is 31.4 Å². The Kier molecular flexibility index (Phi) is 3.82. The Bertz CT molecular complexity index is 474. The molecular weight excluding hydrogens is 252 g/mol. The fourth-order valence-electron chi connectivity index (χ4n) is 3.21. The molecule has 20 heavy (non-hydrogen) atoms. The number of anilines is 1. The minimum absolute atomic E-state index is 0.00163. The smallest absolute Gasteiger partial charge is 0.226 e. The number of piperazine rings is 1. The summed E-state index contributed by atoms with van der Waals surface area (Å²) in [5.74, 6) is 0.696. The summed E-state index contributed by atoms with van der Waals surface area (Å²) in [5.41, 5.74) is 5.99. The summed E-state index contributed by atoms with van der Waals surface area (Å²) in [5, 5.41) is 7.45. The lowest BCUT2D eigenvalue weighted by atomic mass is 10.2. The summed E-state index contributed by atoms with van der Waals surface area (Å²) in [6, 6.07) is 2.47. The molecule has 0 amide bonds. The maximum Gasteiger partial charge on any atom is 0.226 e. The molecule has 2 aliphatic rings. The first-order chi connectivity index (χ1) is 9.74. The van der Waals surface area contributed by atoms with Gasteiger partial charge < -0.3 is 10.6 Å². The van der Waals surface area contributed by atoms with Gasteiger partial charge in [0.25, 0.3) is 0 Å². The topological polar surface area (TPSA) is 82.1 Å². The van der Waals surface area contributed by atoms with Crippen LogP contribution >= 0.6 is 0 Å². The first-order valence-electron chi connectivity index (χ1n) is 7.40. The molecule has 0 radical (unpaired) electrons. The van der Waals surface area contributed by atoms with Crippen molar-refractivity contribution in [1.29, 1.82) is 5.41 Å². The monoisotopic (exact) mass is 274 g/mol. The number of rotatable bonds is 3. The molecule has 1 aromatic rings. The highest BCUT2D eigenvalue weighted by molar-refractivity contribution is 5.93. The minimum Gasteiger partial charge on any atom is -0.382 e. The van der Waals surface area contributed by atoms with Crippen LogP contribution in [0.5, 0.6) is 0 Å². The van der Waals surface area contributed by atoms with Gasteiger partial charge in [-0.1, -0.05) is 12.8 Å². The summed E-state index contributed by atoms with van der Waals surface area (Å²) < 4.78 is 0. The lowest BCUT2D eigenvalue weighted by molar-refractivity contribution is 0.187. The summed E-state index contributed by atoms with van der Waals surface area (Å²) in [6.07, 6.45) is 7.17. The van der Waals surface area contributed by atoms with Crippen LogP contribution in [-0.2, 0) is 0 Å². The molecule has 0 aromatic carbocycles. The lowest BCUT2D eigenvalue weighted by Crippen LogP contribution is -2.50. The van der Waals surface area contributed by atoms with Crippen molar-refractivity contribution in [2.24, 2.45) is 5.73 Å². The zero-order valence-electron chi connectivity index (χ0n) is 11.8. The van der Waals surface area contributed by atoms with Gasteiger partial charge in [0.05, 0.1) is 0 Å². The van der Waals surface area contributed by atoms with Crippen LogP contribution in [0.2, 0.25) is 0 Å². The molecule has 1 aliphatic carbocycles. The Hall–Kier alpha value is -1.69. The standard InChI is InChI=1S/C14H22N6/c15-13(16)12-5-6-17-14(18-12)20-9-7-19(8-10-20)11-3-1-2-4-11/h5-6,11H,1-4,7-10H2,(H3,15,16). The zero-order chi connectivity index (χ0) is 13.9. The second-order valence-corrected chi connectivity index (χ2v) is 5.62. The van der Waals surface area contributed by atoms with Crippen LogP contribution in [0.25, 0.3) is 0 Å². The van der Waals surface area contributed by atoms with Gasteiger partial charge in [-0.15, -0.1) is 0 Å². The van der Waals surface area contributed by atoms with Crippen molar-refractivity contribution in [3.05, 3.63) is 18.0 Å². The fraction of sp³-hybridized carbons (Fsp3) is 0.643. The highest BCUT2D eigenvalue weighted by atomic mass is 15.3. The highest BCUT2D eigenvalue weighted by Gasteiger charge is 2.26. The van der Waals surface area contributed by atoms with E-state index in [1.807, 2.05) is 0 Å². The molecule has 1 aromatic heterocycles. The second-order valence-electron chi connectivity index (χ2n) is 5.62. The predicted molar refractivity (Wildman–Crippen MR) is 79.1 cm³/mol. The molecule has 3 rings (SSSR count). The van der Waals surface area contributed by atoms with E-state index >= 15 is 0 Å². The predicted octanol–water partition coefficient (Wildman–Crippen LogP) is 0.825. The van der Waals surface area contributed by atoms with Crippen LogP contribution in [0, 0.1) is 5.41 Å². The Morgan fingerprint density at radius 1 is 1.20 bits per heavy atom. The van der Waals surface area contributed by atoms with Gasteiger partial charge >= 0.3 is 0 Å². The first kappa shape index (κ1) is 13.3. The van der Waals surface area contributed by atoms with Crippen LogP contribution in [-0.4, -0.2) is 52.9 Å². The van der Waals surface area contributed by atoms with E-state index in [0.29, 0.717) is 11.6 Å². The number of nitrogens with zero attached hydrogens (tertiary/aromatic N) is 4. The van der Waals surface area contributed by atoms with Gasteiger partial charge in [0.1, 0.15) is 11.5 Å². The van der Waals surface area contributed by atoms with Crippen molar-refractivity contribution >= 4 is 11.8 Å². The van der Waals surface area contributed by atoms with E-state index in [4.69, 9.17) is 11.1 Å². The average Bonchev–Trinajstić information content (AvgIpc) is 3.02. The van der Waals surface area contributed by atoms with Crippen molar-refractivity contribution in [3.8, 4) is 0 Å². The van der Waals surface area contributed by atoms with Crippen LogP contribution in [0.15, 0.2) is 12.3 Å². The normalized spacial score (nSPS) is 21.3. The SMILES string of the molecule is N=C(N)c1ccnc(N2CCN(C3CCCC3)CC2)n1. The van der Waals surface area contributed by atoms with Crippen LogP contribution in [0.4, 0.5) is 5.95 Å². The number of nitrogens with two attached hydrogens (primary N) is 1. The summed E-state index contributed by atoms with van der Waals surface area (Å²) >= 11 is 0. The minimum atomic E-state index is -0.00163. The summed E-state index contributed by atoms with van der Waals surface area (Å²) in [7, 11) is 0. The highest BCUT2D eigenvalue weighted by Crippen LogP contribution is 2.24. The van der Waals surface area contributed by atoms with Crippen molar-refractivity contribution in [1.82, 2.24) is 14.9 Å². The number of nitrogens with one attached hydrogen (secondary N) is 1. The van der Waals surface area contributed by atoms with Crippen LogP contribution in [0.3, 0.4) is 0 Å². The number of aromatic nitrogens is 2. The van der Waals surface area contributed by atoms with Gasteiger partial charge in [0.15, 0.2) is 0 Å². The molecule has 2 heterocycles. The Morgan fingerprint density at radius 3 is 2.55 bits per heavy atom. The molecule has 0 atom stereocenters. The molecule has 1 aliphatic heterocycles.